The number of rotatable bonds is 1. The number of aromatic amines is 1. The average Bonchev–Trinajstić information content (AvgIpc) is 2.62. The first-order valence-corrected chi connectivity index (χ1v) is 4.09. The van der Waals surface area contributed by atoms with E-state index in [0.717, 1.165) is 11.4 Å². The molecule has 2 rings (SSSR count). The average molecular weight is 193 g/mol. The highest BCUT2D eigenvalue weighted by Crippen LogP contribution is 2.07. The number of nitrogens with zero attached hydrogens (tertiary/aromatic N) is 4. The molecule has 0 spiro atoms. The first kappa shape index (κ1) is 8.06. The number of H-pyrrole nitrogens is 1. The molecule has 0 atom stereocenters. The van der Waals surface area contributed by atoms with Gasteiger partial charge in [-0.25, -0.2) is 14.6 Å². The molecule has 2 aromatic rings. The van der Waals surface area contributed by atoms with E-state index >= 15 is 0 Å². The van der Waals surface area contributed by atoms with Crippen LogP contribution in [0.1, 0.15) is 5.56 Å². The van der Waals surface area contributed by atoms with Gasteiger partial charge in [0.1, 0.15) is 23.1 Å². The van der Waals surface area contributed by atoms with Crippen molar-refractivity contribution in [3.63, 3.8) is 0 Å². The van der Waals surface area contributed by atoms with Crippen LogP contribution in [0.2, 0.25) is 0 Å². The van der Waals surface area contributed by atoms with Crippen molar-refractivity contribution in [2.75, 3.05) is 0 Å². The van der Waals surface area contributed by atoms with Crippen LogP contribution >= 0.6 is 12.2 Å². The molecule has 2 heterocycles. The highest BCUT2D eigenvalue weighted by Gasteiger charge is 2.02. The molecule has 0 fully saturated rings. The van der Waals surface area contributed by atoms with Crippen LogP contribution in [0.5, 0.6) is 0 Å². The summed E-state index contributed by atoms with van der Waals surface area (Å²) in [5, 5.41) is 3.99. The van der Waals surface area contributed by atoms with E-state index in [4.69, 9.17) is 12.2 Å². The van der Waals surface area contributed by atoms with Crippen molar-refractivity contribution in [2.45, 2.75) is 6.92 Å². The Bertz CT molecular complexity index is 458. The van der Waals surface area contributed by atoms with Crippen LogP contribution in [0.4, 0.5) is 0 Å². The molecule has 0 aromatic carbocycles. The van der Waals surface area contributed by atoms with Crippen LogP contribution in [0.15, 0.2) is 19.0 Å². The quantitative estimate of drug-likeness (QED) is 0.687. The zero-order valence-electron chi connectivity index (χ0n) is 6.93. The van der Waals surface area contributed by atoms with Gasteiger partial charge < -0.3 is 4.98 Å². The van der Waals surface area contributed by atoms with Gasteiger partial charge in [-0.05, 0) is 6.92 Å². The lowest BCUT2D eigenvalue weighted by Crippen LogP contribution is -2.01. The predicted octanol–water partition coefficient (Wildman–Crippen LogP) is 1.03. The van der Waals surface area contributed by atoms with Gasteiger partial charge >= 0.3 is 0 Å². The predicted molar refractivity (Wildman–Crippen MR) is 49.1 cm³/mol. The normalized spacial score (nSPS) is 10.2. The number of hydrogen-bond donors (Lipinski definition) is 1. The molecular formula is C7H7N5S. The molecule has 6 heteroatoms. The summed E-state index contributed by atoms with van der Waals surface area (Å²) in [6.07, 6.45) is 4.62. The number of hydrogen-bond acceptors (Lipinski definition) is 4. The lowest BCUT2D eigenvalue weighted by molar-refractivity contribution is 0.825. The smallest absolute Gasteiger partial charge is 0.140 e. The maximum absolute atomic E-state index is 5.02. The second-order valence-electron chi connectivity index (χ2n) is 2.52. The van der Waals surface area contributed by atoms with Crippen LogP contribution in [0.3, 0.4) is 0 Å². The van der Waals surface area contributed by atoms with E-state index in [0.29, 0.717) is 4.64 Å². The van der Waals surface area contributed by atoms with Crippen LogP contribution < -0.4 is 0 Å². The summed E-state index contributed by atoms with van der Waals surface area (Å²) in [5.74, 6) is 0.803. The van der Waals surface area contributed by atoms with Crippen molar-refractivity contribution < 1.29 is 0 Å². The van der Waals surface area contributed by atoms with Gasteiger partial charge in [-0.3, -0.25) is 0 Å². The number of nitrogens with one attached hydrogen (secondary N) is 1. The summed E-state index contributed by atoms with van der Waals surface area (Å²) >= 11 is 5.02. The van der Waals surface area contributed by atoms with E-state index in [1.54, 1.807) is 17.3 Å². The molecule has 0 aliphatic carbocycles. The van der Waals surface area contributed by atoms with Gasteiger partial charge in [0.2, 0.25) is 0 Å². The third-order valence-electron chi connectivity index (χ3n) is 1.71. The highest BCUT2D eigenvalue weighted by atomic mass is 32.1. The molecular weight excluding hydrogens is 186 g/mol. The topological polar surface area (TPSA) is 59.4 Å². The van der Waals surface area contributed by atoms with Gasteiger partial charge in [0.25, 0.3) is 0 Å². The highest BCUT2D eigenvalue weighted by molar-refractivity contribution is 7.71. The van der Waals surface area contributed by atoms with E-state index in [9.17, 15) is 0 Å². The molecule has 0 saturated heterocycles. The third kappa shape index (κ3) is 1.35. The fraction of sp³-hybridized carbons (Fsp3) is 0.143. The molecule has 0 radical (unpaired) electrons. The van der Waals surface area contributed by atoms with Gasteiger partial charge in [0.05, 0.1) is 6.33 Å². The fourth-order valence-corrected chi connectivity index (χ4v) is 1.17. The lowest BCUT2D eigenvalue weighted by Gasteiger charge is -2.02. The Balaban J connectivity index is 2.66. The van der Waals surface area contributed by atoms with Crippen molar-refractivity contribution in [1.29, 1.82) is 0 Å². The molecule has 0 unspecified atom stereocenters. The van der Waals surface area contributed by atoms with Crippen LogP contribution in [-0.2, 0) is 0 Å². The minimum Gasteiger partial charge on any atom is -0.331 e. The monoisotopic (exact) mass is 193 g/mol. The largest absolute Gasteiger partial charge is 0.331 e. The van der Waals surface area contributed by atoms with Gasteiger partial charge in [0.15, 0.2) is 0 Å². The summed E-state index contributed by atoms with van der Waals surface area (Å²) in [6.45, 7) is 1.89. The Morgan fingerprint density at radius 3 is 3.08 bits per heavy atom. The second-order valence-corrected chi connectivity index (χ2v) is 2.91. The number of aromatic nitrogens is 5. The summed E-state index contributed by atoms with van der Waals surface area (Å²) in [5.41, 5.74) is 0.892. The maximum Gasteiger partial charge on any atom is 0.140 e. The summed E-state index contributed by atoms with van der Waals surface area (Å²) in [4.78, 5) is 10.8. The van der Waals surface area contributed by atoms with Crippen molar-refractivity contribution in [3.05, 3.63) is 29.2 Å². The Kier molecular flexibility index (Phi) is 1.90. The van der Waals surface area contributed by atoms with Gasteiger partial charge in [0, 0.05) is 5.56 Å². The van der Waals surface area contributed by atoms with Crippen LogP contribution in [0, 0.1) is 11.6 Å². The molecule has 0 aliphatic rings. The third-order valence-corrected chi connectivity index (χ3v) is 2.12. The molecule has 2 aromatic heterocycles. The zero-order valence-corrected chi connectivity index (χ0v) is 7.75. The zero-order chi connectivity index (χ0) is 9.26. The molecule has 66 valence electrons. The van der Waals surface area contributed by atoms with Crippen LogP contribution in [0.25, 0.3) is 5.82 Å². The summed E-state index contributed by atoms with van der Waals surface area (Å²) in [7, 11) is 0. The molecule has 0 bridgehead atoms. The van der Waals surface area contributed by atoms with Gasteiger partial charge in [-0.1, -0.05) is 12.2 Å². The standard InChI is InChI=1S/C7H7N5S/c1-5-6(9-3-10-7(5)13)12-4-8-2-11-12/h2-4H,1H3,(H,9,10,13). The molecule has 5 nitrogen and oxygen atoms in total. The first-order chi connectivity index (χ1) is 6.29. The Morgan fingerprint density at radius 1 is 1.54 bits per heavy atom. The van der Waals surface area contributed by atoms with E-state index in [-0.39, 0.29) is 0 Å². The Hall–Kier alpha value is -1.56. The molecule has 1 N–H and O–H groups in total. The van der Waals surface area contributed by atoms with Gasteiger partial charge in [-0.15, -0.1) is 0 Å². The Morgan fingerprint density at radius 2 is 2.38 bits per heavy atom. The van der Waals surface area contributed by atoms with Crippen molar-refractivity contribution in [3.8, 4) is 5.82 Å². The van der Waals surface area contributed by atoms with E-state index in [1.807, 2.05) is 6.92 Å². The molecule has 0 aliphatic heterocycles. The maximum atomic E-state index is 5.02. The second kappa shape index (κ2) is 3.06. The summed E-state index contributed by atoms with van der Waals surface area (Å²) < 4.78 is 2.19. The van der Waals surface area contributed by atoms with Crippen LogP contribution in [-0.4, -0.2) is 24.7 Å². The van der Waals surface area contributed by atoms with Crippen molar-refractivity contribution in [2.24, 2.45) is 0 Å². The first-order valence-electron chi connectivity index (χ1n) is 3.68. The van der Waals surface area contributed by atoms with E-state index in [2.05, 4.69) is 20.1 Å². The molecule has 0 saturated carbocycles. The van der Waals surface area contributed by atoms with E-state index in [1.165, 1.54) is 6.33 Å². The minimum absolute atomic E-state index is 0.573. The minimum atomic E-state index is 0.573. The van der Waals surface area contributed by atoms with Crippen molar-refractivity contribution in [1.82, 2.24) is 24.7 Å². The van der Waals surface area contributed by atoms with Gasteiger partial charge in [-0.2, -0.15) is 5.10 Å². The lowest BCUT2D eigenvalue weighted by atomic mass is 10.3. The molecule has 13 heavy (non-hydrogen) atoms. The van der Waals surface area contributed by atoms with Crippen molar-refractivity contribution >= 4 is 12.2 Å². The SMILES string of the molecule is Cc1c(-n2cncn2)[nH]cnc1=S. The van der Waals surface area contributed by atoms with E-state index < -0.39 is 0 Å². The fourth-order valence-electron chi connectivity index (χ4n) is 1.02. The Labute approximate surface area is 79.5 Å². The summed E-state index contributed by atoms with van der Waals surface area (Å²) in [6, 6.07) is 0. The molecule has 0 amide bonds.